The molecule has 2 aromatic heterocycles. The van der Waals surface area contributed by atoms with Crippen molar-refractivity contribution in [2.75, 3.05) is 16.9 Å². The van der Waals surface area contributed by atoms with E-state index in [4.69, 9.17) is 0 Å². The van der Waals surface area contributed by atoms with Crippen molar-refractivity contribution in [1.29, 1.82) is 0 Å². The van der Waals surface area contributed by atoms with E-state index >= 15 is 0 Å². The Balaban J connectivity index is 1.37. The van der Waals surface area contributed by atoms with Crippen molar-refractivity contribution >= 4 is 28.5 Å². The zero-order valence-electron chi connectivity index (χ0n) is 17.3. The van der Waals surface area contributed by atoms with Gasteiger partial charge in [-0.2, -0.15) is 5.10 Å². The molecule has 2 amide bonds. The number of carbonyl (C=O) groups is 2. The zero-order valence-corrected chi connectivity index (χ0v) is 17.3. The lowest BCUT2D eigenvalue weighted by Crippen LogP contribution is -2.37. The Morgan fingerprint density at radius 3 is 2.53 bits per heavy atom. The van der Waals surface area contributed by atoms with Gasteiger partial charge in [0.2, 0.25) is 11.8 Å². The second-order valence-corrected chi connectivity index (χ2v) is 7.77. The maximum Gasteiger partial charge on any atom is 0.283 e. The molecule has 0 saturated carbocycles. The fourth-order valence-electron chi connectivity index (χ4n) is 3.82. The summed E-state index contributed by atoms with van der Waals surface area (Å²) in [6.07, 6.45) is 2.78. The highest BCUT2D eigenvalue weighted by atomic mass is 16.2. The van der Waals surface area contributed by atoms with Crippen LogP contribution in [0.4, 0.5) is 5.69 Å². The van der Waals surface area contributed by atoms with Gasteiger partial charge in [-0.15, -0.1) is 0 Å². The van der Waals surface area contributed by atoms with Gasteiger partial charge in [0.15, 0.2) is 5.65 Å². The van der Waals surface area contributed by atoms with Crippen LogP contribution in [-0.2, 0) is 9.59 Å². The molecule has 1 aliphatic rings. The number of fused-ring (bicyclic) bond motifs is 1. The lowest BCUT2D eigenvalue weighted by Gasteiger charge is -2.16. The standard InChI is InChI=1S/C23H20N6O3/c1-15-7-9-18(10-8-15)29-21-19(12-25-29)23(32)28(14-24-21)26-22(31)16-11-20(30)27(13-16)17-5-3-2-4-6-17/h2-10,12,14,16H,11,13H2,1H3,(H,26,31). The number of aryl methyl sites for hydroxylation is 1. The second-order valence-electron chi connectivity index (χ2n) is 7.77. The molecule has 1 atom stereocenters. The van der Waals surface area contributed by atoms with Crippen molar-refractivity contribution in [3.63, 3.8) is 0 Å². The van der Waals surface area contributed by atoms with E-state index in [1.807, 2.05) is 61.5 Å². The topological polar surface area (TPSA) is 102 Å². The van der Waals surface area contributed by atoms with Gasteiger partial charge in [0.05, 0.1) is 17.8 Å². The van der Waals surface area contributed by atoms with Crippen LogP contribution in [0, 0.1) is 12.8 Å². The fourth-order valence-corrected chi connectivity index (χ4v) is 3.82. The summed E-state index contributed by atoms with van der Waals surface area (Å²) in [6.45, 7) is 2.24. The molecule has 0 bridgehead atoms. The van der Waals surface area contributed by atoms with E-state index in [9.17, 15) is 14.4 Å². The van der Waals surface area contributed by atoms with E-state index in [1.165, 1.54) is 12.5 Å². The van der Waals surface area contributed by atoms with Crippen LogP contribution >= 0.6 is 0 Å². The molecule has 5 rings (SSSR count). The number of carbonyl (C=O) groups excluding carboxylic acids is 2. The number of rotatable bonds is 4. The molecule has 1 aliphatic heterocycles. The zero-order chi connectivity index (χ0) is 22.2. The normalized spacial score (nSPS) is 16.0. The molecule has 1 N–H and O–H groups in total. The molecule has 160 valence electrons. The van der Waals surface area contributed by atoms with Crippen molar-refractivity contribution in [2.45, 2.75) is 13.3 Å². The number of para-hydroxylation sites is 1. The van der Waals surface area contributed by atoms with Gasteiger partial charge in [0.1, 0.15) is 11.7 Å². The van der Waals surface area contributed by atoms with Crippen molar-refractivity contribution in [3.8, 4) is 5.69 Å². The first-order valence-corrected chi connectivity index (χ1v) is 10.2. The summed E-state index contributed by atoms with van der Waals surface area (Å²) in [6, 6.07) is 16.9. The molecule has 4 aromatic rings. The summed E-state index contributed by atoms with van der Waals surface area (Å²) in [4.78, 5) is 44.0. The first-order chi connectivity index (χ1) is 15.5. The molecule has 3 heterocycles. The lowest BCUT2D eigenvalue weighted by molar-refractivity contribution is -0.123. The number of benzene rings is 2. The Labute approximate surface area is 182 Å². The minimum atomic E-state index is -0.569. The monoisotopic (exact) mass is 428 g/mol. The summed E-state index contributed by atoms with van der Waals surface area (Å²) in [7, 11) is 0. The molecular formula is C23H20N6O3. The van der Waals surface area contributed by atoms with Crippen molar-refractivity contribution in [3.05, 3.63) is 83.0 Å². The van der Waals surface area contributed by atoms with Gasteiger partial charge < -0.3 is 4.90 Å². The Kier molecular flexibility index (Phi) is 4.78. The molecule has 32 heavy (non-hydrogen) atoms. The minimum Gasteiger partial charge on any atom is -0.312 e. The maximum absolute atomic E-state index is 12.9. The third-order valence-corrected chi connectivity index (χ3v) is 5.56. The summed E-state index contributed by atoms with van der Waals surface area (Å²) >= 11 is 0. The average Bonchev–Trinajstić information content (AvgIpc) is 3.41. The van der Waals surface area contributed by atoms with Crippen molar-refractivity contribution < 1.29 is 9.59 Å². The lowest BCUT2D eigenvalue weighted by atomic mass is 10.1. The van der Waals surface area contributed by atoms with Crippen molar-refractivity contribution in [2.24, 2.45) is 5.92 Å². The molecule has 9 nitrogen and oxygen atoms in total. The highest BCUT2D eigenvalue weighted by Gasteiger charge is 2.35. The SMILES string of the molecule is Cc1ccc(-n2ncc3c(=O)n(NC(=O)C4CC(=O)N(c5ccccc5)C4)cnc32)cc1. The Bertz CT molecular complexity index is 1370. The summed E-state index contributed by atoms with van der Waals surface area (Å²) in [5.41, 5.74) is 5.18. The van der Waals surface area contributed by atoms with Crippen LogP contribution in [0.25, 0.3) is 16.7 Å². The predicted octanol–water partition coefficient (Wildman–Crippen LogP) is 2.01. The van der Waals surface area contributed by atoms with Crippen molar-refractivity contribution in [1.82, 2.24) is 19.4 Å². The minimum absolute atomic E-state index is 0.0799. The number of hydrogen-bond acceptors (Lipinski definition) is 5. The molecule has 1 fully saturated rings. The van der Waals surface area contributed by atoms with E-state index in [2.05, 4.69) is 15.5 Å². The highest BCUT2D eigenvalue weighted by Crippen LogP contribution is 2.25. The number of nitrogens with one attached hydrogen (secondary N) is 1. The fraction of sp³-hybridized carbons (Fsp3) is 0.174. The van der Waals surface area contributed by atoms with Crippen LogP contribution in [0.5, 0.6) is 0 Å². The van der Waals surface area contributed by atoms with Gasteiger partial charge in [-0.05, 0) is 31.2 Å². The summed E-state index contributed by atoms with van der Waals surface area (Å²) in [5, 5.41) is 4.56. The third-order valence-electron chi connectivity index (χ3n) is 5.56. The van der Waals surface area contributed by atoms with Gasteiger partial charge in [-0.25, -0.2) is 14.3 Å². The van der Waals surface area contributed by atoms with E-state index < -0.39 is 17.4 Å². The maximum atomic E-state index is 12.9. The first-order valence-electron chi connectivity index (χ1n) is 10.2. The average molecular weight is 428 g/mol. The molecule has 9 heteroatoms. The van der Waals surface area contributed by atoms with Crippen LogP contribution < -0.4 is 15.9 Å². The molecule has 1 saturated heterocycles. The summed E-state index contributed by atoms with van der Waals surface area (Å²) in [5.74, 6) is -1.11. The van der Waals surface area contributed by atoms with Crippen LogP contribution in [-0.4, -0.2) is 37.8 Å². The van der Waals surface area contributed by atoms with Gasteiger partial charge in [0.25, 0.3) is 5.56 Å². The number of anilines is 1. The van der Waals surface area contributed by atoms with Crippen LogP contribution in [0.3, 0.4) is 0 Å². The van der Waals surface area contributed by atoms with Gasteiger partial charge >= 0.3 is 0 Å². The molecular weight excluding hydrogens is 408 g/mol. The van der Waals surface area contributed by atoms with E-state index in [-0.39, 0.29) is 24.3 Å². The Morgan fingerprint density at radius 2 is 1.78 bits per heavy atom. The molecule has 0 aliphatic carbocycles. The van der Waals surface area contributed by atoms with Gasteiger partial charge in [-0.3, -0.25) is 19.8 Å². The van der Waals surface area contributed by atoms with Crippen LogP contribution in [0.1, 0.15) is 12.0 Å². The van der Waals surface area contributed by atoms with E-state index in [0.29, 0.717) is 5.65 Å². The van der Waals surface area contributed by atoms with Crippen LogP contribution in [0.2, 0.25) is 0 Å². The third kappa shape index (κ3) is 3.43. The van der Waals surface area contributed by atoms with E-state index in [0.717, 1.165) is 21.6 Å². The van der Waals surface area contributed by atoms with Gasteiger partial charge in [0, 0.05) is 18.7 Å². The predicted molar refractivity (Wildman–Crippen MR) is 119 cm³/mol. The van der Waals surface area contributed by atoms with E-state index in [1.54, 1.807) is 9.58 Å². The number of aromatic nitrogens is 4. The highest BCUT2D eigenvalue weighted by molar-refractivity contribution is 6.01. The number of amides is 2. The van der Waals surface area contributed by atoms with Gasteiger partial charge in [-0.1, -0.05) is 35.9 Å². The molecule has 0 radical (unpaired) electrons. The largest absolute Gasteiger partial charge is 0.312 e. The quantitative estimate of drug-likeness (QED) is 0.536. The Hall–Kier alpha value is -4.27. The number of nitrogens with zero attached hydrogens (tertiary/aromatic N) is 5. The summed E-state index contributed by atoms with van der Waals surface area (Å²) < 4.78 is 2.62. The Morgan fingerprint density at radius 1 is 1.03 bits per heavy atom. The molecule has 0 spiro atoms. The molecule has 1 unspecified atom stereocenters. The van der Waals surface area contributed by atoms with Crippen LogP contribution in [0.15, 0.2) is 71.9 Å². The molecule has 2 aromatic carbocycles. The first kappa shape index (κ1) is 19.7. The smallest absolute Gasteiger partial charge is 0.283 e. The second kappa shape index (κ2) is 7.77. The number of hydrogen-bond donors (Lipinski definition) is 1.